The van der Waals surface area contributed by atoms with Crippen LogP contribution in [-0.2, 0) is 20.0 Å². The third-order valence-corrected chi connectivity index (χ3v) is 10.4. The van der Waals surface area contributed by atoms with Gasteiger partial charge in [0.05, 0.1) is 15.9 Å². The summed E-state index contributed by atoms with van der Waals surface area (Å²) in [7, 11) is -3.25. The molecular formula is C20H19ClN4O3S2. The van der Waals surface area contributed by atoms with E-state index in [0.717, 1.165) is 34.5 Å². The number of benzene rings is 1. The second-order valence-corrected chi connectivity index (χ2v) is 12.9. The monoisotopic (exact) mass is 462 g/mol. The average Bonchev–Trinajstić information content (AvgIpc) is 3.11. The van der Waals surface area contributed by atoms with Crippen LogP contribution in [0.3, 0.4) is 0 Å². The van der Waals surface area contributed by atoms with Crippen molar-refractivity contribution in [3.8, 4) is 0 Å². The summed E-state index contributed by atoms with van der Waals surface area (Å²) in [5.41, 5.74) is 1.26. The highest BCUT2D eigenvalue weighted by atomic mass is 35.5. The van der Waals surface area contributed by atoms with Crippen LogP contribution in [0.15, 0.2) is 30.5 Å². The quantitative estimate of drug-likeness (QED) is 0.639. The number of hydrogen-bond donors (Lipinski definition) is 1. The molecule has 0 saturated heterocycles. The second kappa shape index (κ2) is 5.63. The molecule has 10 heteroatoms. The van der Waals surface area contributed by atoms with E-state index in [2.05, 4.69) is 10.4 Å². The van der Waals surface area contributed by atoms with Crippen LogP contribution in [0, 0.1) is 0 Å². The molecule has 0 aliphatic heterocycles. The molecule has 4 aliphatic carbocycles. The summed E-state index contributed by atoms with van der Waals surface area (Å²) in [6, 6.07) is 7.07. The molecule has 4 saturated carbocycles. The zero-order valence-corrected chi connectivity index (χ0v) is 18.6. The Balaban J connectivity index is 1.16. The number of halogens is 1. The molecule has 2 aromatic heterocycles. The van der Waals surface area contributed by atoms with E-state index in [-0.39, 0.29) is 17.0 Å². The van der Waals surface area contributed by atoms with Crippen LogP contribution < -0.4 is 5.32 Å². The van der Waals surface area contributed by atoms with Gasteiger partial charge in [0.1, 0.15) is 9.75 Å². The molecule has 30 heavy (non-hydrogen) atoms. The maximum absolute atomic E-state index is 12.7. The molecule has 4 aliphatic rings. The lowest BCUT2D eigenvalue weighted by molar-refractivity contribution is -0.0788. The fraction of sp³-hybridized carbons (Fsp3) is 0.450. The minimum absolute atomic E-state index is 0.0487. The topological polar surface area (TPSA) is 94.0 Å². The van der Waals surface area contributed by atoms with Gasteiger partial charge in [0.15, 0.2) is 9.84 Å². The van der Waals surface area contributed by atoms with Gasteiger partial charge in [-0.25, -0.2) is 18.2 Å². The van der Waals surface area contributed by atoms with E-state index in [4.69, 9.17) is 16.6 Å². The van der Waals surface area contributed by atoms with Gasteiger partial charge in [0.2, 0.25) is 0 Å². The number of thiazole rings is 1. The Bertz CT molecular complexity index is 1320. The maximum atomic E-state index is 12.7. The number of nitrogens with zero attached hydrogens (tertiary/aromatic N) is 3. The van der Waals surface area contributed by atoms with Crippen LogP contribution in [0.25, 0.3) is 10.2 Å². The van der Waals surface area contributed by atoms with Crippen LogP contribution in [0.1, 0.15) is 42.8 Å². The number of carbonyl (C=O) groups is 1. The van der Waals surface area contributed by atoms with Crippen molar-refractivity contribution in [1.82, 2.24) is 20.1 Å². The van der Waals surface area contributed by atoms with Crippen LogP contribution in [0.5, 0.6) is 0 Å². The molecule has 4 fully saturated rings. The number of fused-ring (bicyclic) bond motifs is 1. The number of hydrogen-bond acceptors (Lipinski definition) is 6. The highest BCUT2D eigenvalue weighted by molar-refractivity contribution is 7.91. The van der Waals surface area contributed by atoms with Gasteiger partial charge in [-0.15, -0.1) is 11.3 Å². The van der Waals surface area contributed by atoms with Crippen LogP contribution in [0.4, 0.5) is 4.79 Å². The number of carbonyl (C=O) groups excluding carboxylic acids is 1. The van der Waals surface area contributed by atoms with E-state index in [1.807, 2.05) is 18.2 Å². The van der Waals surface area contributed by atoms with E-state index in [9.17, 15) is 13.2 Å². The fourth-order valence-electron chi connectivity index (χ4n) is 5.17. The molecule has 7 nitrogen and oxygen atoms in total. The third kappa shape index (κ3) is 2.48. The first kappa shape index (κ1) is 18.8. The molecule has 0 unspecified atom stereocenters. The molecule has 1 amide bonds. The Labute approximate surface area is 182 Å². The molecule has 0 atom stereocenters. The molecule has 2 bridgehead atoms. The summed E-state index contributed by atoms with van der Waals surface area (Å²) >= 11 is 7.76. The van der Waals surface area contributed by atoms with E-state index < -0.39 is 14.6 Å². The fourth-order valence-corrected chi connectivity index (χ4v) is 7.93. The van der Waals surface area contributed by atoms with E-state index in [1.165, 1.54) is 10.9 Å². The van der Waals surface area contributed by atoms with Gasteiger partial charge in [0.25, 0.3) is 0 Å². The Kier molecular flexibility index (Phi) is 3.52. The van der Waals surface area contributed by atoms with E-state index >= 15 is 0 Å². The van der Waals surface area contributed by atoms with Gasteiger partial charge in [0, 0.05) is 28.4 Å². The summed E-state index contributed by atoms with van der Waals surface area (Å²) in [6.07, 6.45) is 6.49. The van der Waals surface area contributed by atoms with Crippen LogP contribution in [0.2, 0.25) is 5.02 Å². The van der Waals surface area contributed by atoms with Gasteiger partial charge in [-0.05, 0) is 56.4 Å². The molecule has 156 valence electrons. The molecule has 3 aromatic rings. The van der Waals surface area contributed by atoms with Gasteiger partial charge < -0.3 is 5.32 Å². The van der Waals surface area contributed by atoms with Crippen molar-refractivity contribution < 1.29 is 13.2 Å². The first-order valence-corrected chi connectivity index (χ1v) is 12.9. The summed E-state index contributed by atoms with van der Waals surface area (Å²) in [4.78, 5) is 17.5. The highest BCUT2D eigenvalue weighted by Crippen LogP contribution is 2.68. The van der Waals surface area contributed by atoms with Crippen molar-refractivity contribution >= 4 is 49.0 Å². The van der Waals surface area contributed by atoms with Gasteiger partial charge in [-0.3, -0.25) is 0 Å². The Morgan fingerprint density at radius 2 is 1.97 bits per heavy atom. The lowest BCUT2D eigenvalue weighted by Crippen LogP contribution is -2.77. The predicted octanol–water partition coefficient (Wildman–Crippen LogP) is 3.61. The highest BCUT2D eigenvalue weighted by Gasteiger charge is 2.70. The summed E-state index contributed by atoms with van der Waals surface area (Å²) in [5, 5.41) is 9.21. The minimum Gasteiger partial charge on any atom is -0.331 e. The summed E-state index contributed by atoms with van der Waals surface area (Å²) < 4.78 is 25.6. The SMILES string of the molecule is CS(=O)(=O)C1(c2ccn(C(=O)NC34CC(c5nc6ccc(Cl)cc6s5)(C3)C4)n2)CC1. The first-order valence-electron chi connectivity index (χ1n) is 9.79. The summed E-state index contributed by atoms with van der Waals surface area (Å²) in [6.45, 7) is 0. The van der Waals surface area contributed by atoms with Crippen molar-refractivity contribution in [1.29, 1.82) is 0 Å². The standard InChI is InChI=1S/C20H19ClN4O3S2/c1-30(27,28)20(5-6-20)15-4-7-25(24-15)17(26)23-19-9-18(10-19,11-19)16-22-13-3-2-12(21)8-14(13)29-16/h2-4,7-8H,5-6,9-11H2,1H3,(H,23,26). The zero-order chi connectivity index (χ0) is 20.9. The van der Waals surface area contributed by atoms with Crippen molar-refractivity contribution in [2.45, 2.75) is 47.8 Å². The third-order valence-electron chi connectivity index (χ3n) is 6.88. The van der Waals surface area contributed by atoms with Crippen molar-refractivity contribution in [3.63, 3.8) is 0 Å². The number of sulfone groups is 1. The molecule has 1 N–H and O–H groups in total. The normalized spacial score (nSPS) is 28.6. The van der Waals surface area contributed by atoms with Gasteiger partial charge in [-0.1, -0.05) is 11.6 Å². The van der Waals surface area contributed by atoms with Crippen LogP contribution in [-0.4, -0.2) is 41.0 Å². The largest absolute Gasteiger partial charge is 0.342 e. The number of nitrogens with one attached hydrogen (secondary N) is 1. The number of amides is 1. The lowest BCUT2D eigenvalue weighted by atomic mass is 9.39. The molecule has 1 aromatic carbocycles. The second-order valence-electron chi connectivity index (χ2n) is 9.06. The molecular weight excluding hydrogens is 444 g/mol. The van der Waals surface area contributed by atoms with Crippen LogP contribution >= 0.6 is 22.9 Å². The minimum atomic E-state index is -3.25. The van der Waals surface area contributed by atoms with Crippen molar-refractivity contribution in [3.05, 3.63) is 46.2 Å². The average molecular weight is 463 g/mol. The van der Waals surface area contributed by atoms with E-state index in [0.29, 0.717) is 23.6 Å². The van der Waals surface area contributed by atoms with Crippen molar-refractivity contribution in [2.75, 3.05) is 6.26 Å². The van der Waals surface area contributed by atoms with E-state index in [1.54, 1.807) is 23.6 Å². The smallest absolute Gasteiger partial charge is 0.331 e. The summed E-state index contributed by atoms with van der Waals surface area (Å²) in [5.74, 6) is 0. The van der Waals surface area contributed by atoms with Crippen molar-refractivity contribution in [2.24, 2.45) is 0 Å². The first-order chi connectivity index (χ1) is 14.1. The molecule has 0 spiro atoms. The Hall–Kier alpha value is -1.97. The number of aromatic nitrogens is 3. The zero-order valence-electron chi connectivity index (χ0n) is 16.2. The predicted molar refractivity (Wildman–Crippen MR) is 115 cm³/mol. The molecule has 0 radical (unpaired) electrons. The Morgan fingerprint density at radius 1 is 1.23 bits per heavy atom. The maximum Gasteiger partial charge on any atom is 0.342 e. The van der Waals surface area contributed by atoms with Gasteiger partial charge >= 0.3 is 6.03 Å². The lowest BCUT2D eigenvalue weighted by Gasteiger charge is -2.69. The molecule has 2 heterocycles. The molecule has 7 rings (SSSR count). The Morgan fingerprint density at radius 3 is 2.63 bits per heavy atom. The number of rotatable bonds is 4. The van der Waals surface area contributed by atoms with Gasteiger partial charge in [-0.2, -0.15) is 9.78 Å².